The van der Waals surface area contributed by atoms with Crippen molar-refractivity contribution in [3.63, 3.8) is 0 Å². The van der Waals surface area contributed by atoms with Crippen molar-refractivity contribution in [2.24, 2.45) is 0 Å². The molecule has 1 aliphatic heterocycles. The Morgan fingerprint density at radius 1 is 1.12 bits per heavy atom. The highest BCUT2D eigenvalue weighted by molar-refractivity contribution is 6.04. The zero-order valence-corrected chi connectivity index (χ0v) is 25.1. The fourth-order valence-electron chi connectivity index (χ4n) is 5.48. The van der Waals surface area contributed by atoms with Crippen LogP contribution in [0.3, 0.4) is 0 Å². The number of aromatic nitrogens is 6. The third-order valence-corrected chi connectivity index (χ3v) is 7.53. The number of hydrogen-bond donors (Lipinski definition) is 2. The topological polar surface area (TPSA) is 123 Å². The molecule has 4 heterocycles. The van der Waals surface area contributed by atoms with Crippen molar-refractivity contribution in [1.29, 1.82) is 0 Å². The molecule has 1 aromatic carbocycles. The lowest BCUT2D eigenvalue weighted by atomic mass is 10.1. The molecule has 4 aromatic rings. The molecule has 0 spiro atoms. The van der Waals surface area contributed by atoms with Crippen LogP contribution in [-0.2, 0) is 17.9 Å². The fraction of sp³-hybridized carbons (Fsp3) is 0.419. The van der Waals surface area contributed by atoms with E-state index in [0.29, 0.717) is 41.8 Å². The Bertz CT molecular complexity index is 1700. The molecule has 1 saturated carbocycles. The zero-order valence-electron chi connectivity index (χ0n) is 25.1. The van der Waals surface area contributed by atoms with Gasteiger partial charge in [0.05, 0.1) is 35.5 Å². The summed E-state index contributed by atoms with van der Waals surface area (Å²) in [4.78, 5) is 37.5. The Morgan fingerprint density at radius 2 is 1.91 bits per heavy atom. The van der Waals surface area contributed by atoms with E-state index in [0.717, 1.165) is 24.2 Å². The van der Waals surface area contributed by atoms with Gasteiger partial charge in [0.25, 0.3) is 5.91 Å². The van der Waals surface area contributed by atoms with Crippen LogP contribution in [0.5, 0.6) is 0 Å². The smallest absolute Gasteiger partial charge is 0.259 e. The van der Waals surface area contributed by atoms with E-state index in [1.54, 1.807) is 36.9 Å². The maximum Gasteiger partial charge on any atom is 0.259 e. The van der Waals surface area contributed by atoms with E-state index in [9.17, 15) is 9.59 Å². The molecule has 2 aliphatic rings. The maximum absolute atomic E-state index is 15.6. The van der Waals surface area contributed by atoms with Gasteiger partial charge in [0.2, 0.25) is 5.91 Å². The van der Waals surface area contributed by atoms with Gasteiger partial charge in [-0.05, 0) is 77.3 Å². The third-order valence-electron chi connectivity index (χ3n) is 7.53. The number of benzene rings is 1. The van der Waals surface area contributed by atoms with Gasteiger partial charge in [-0.2, -0.15) is 0 Å². The number of pyridine rings is 1. The van der Waals surface area contributed by atoms with Crippen LogP contribution in [0.2, 0.25) is 0 Å². The second-order valence-corrected chi connectivity index (χ2v) is 12.6. The average Bonchev–Trinajstić information content (AvgIpc) is 3.52. The first-order valence-electron chi connectivity index (χ1n) is 14.6. The number of nitrogens with zero attached hydrogens (tertiary/aromatic N) is 7. The number of nitrogens with one attached hydrogen (secondary N) is 2. The predicted octanol–water partition coefficient (Wildman–Crippen LogP) is 4.61. The first-order valence-corrected chi connectivity index (χ1v) is 14.6. The Balaban J connectivity index is 1.31. The summed E-state index contributed by atoms with van der Waals surface area (Å²) in [6, 6.07) is 8.27. The largest absolute Gasteiger partial charge is 0.350 e. The summed E-state index contributed by atoms with van der Waals surface area (Å²) in [7, 11) is 0. The molecule has 1 fully saturated rings. The van der Waals surface area contributed by atoms with Crippen LogP contribution in [0.1, 0.15) is 86.7 Å². The van der Waals surface area contributed by atoms with Gasteiger partial charge in [-0.25, -0.2) is 14.4 Å². The molecule has 6 rings (SSSR count). The average molecular weight is 586 g/mol. The summed E-state index contributed by atoms with van der Waals surface area (Å²) in [5.41, 5.74) is 3.37. The van der Waals surface area contributed by atoms with Gasteiger partial charge in [-0.15, -0.1) is 10.2 Å². The van der Waals surface area contributed by atoms with Crippen LogP contribution < -0.4 is 10.6 Å². The van der Waals surface area contributed by atoms with Crippen LogP contribution in [-0.4, -0.2) is 58.1 Å². The van der Waals surface area contributed by atoms with Crippen molar-refractivity contribution in [1.82, 2.24) is 39.5 Å². The van der Waals surface area contributed by atoms with E-state index in [1.165, 1.54) is 6.07 Å². The van der Waals surface area contributed by atoms with Gasteiger partial charge in [-0.3, -0.25) is 14.5 Å². The third kappa shape index (κ3) is 6.05. The summed E-state index contributed by atoms with van der Waals surface area (Å²) in [6.45, 7) is 10.8. The number of rotatable bonds is 7. The summed E-state index contributed by atoms with van der Waals surface area (Å²) in [5, 5.41) is 13.9. The number of amides is 2. The second-order valence-electron chi connectivity index (χ2n) is 12.6. The van der Waals surface area contributed by atoms with Crippen molar-refractivity contribution in [2.45, 2.75) is 78.0 Å². The molecular formula is C31H36FN9O2. The van der Waals surface area contributed by atoms with Gasteiger partial charge in [-0.1, -0.05) is 6.07 Å². The van der Waals surface area contributed by atoms with Gasteiger partial charge >= 0.3 is 0 Å². The summed E-state index contributed by atoms with van der Waals surface area (Å²) in [5.74, 6) is -0.159. The molecule has 11 nitrogen and oxygen atoms in total. The van der Waals surface area contributed by atoms with Gasteiger partial charge in [0.15, 0.2) is 5.82 Å². The van der Waals surface area contributed by atoms with E-state index in [1.807, 2.05) is 48.7 Å². The van der Waals surface area contributed by atoms with Crippen molar-refractivity contribution in [2.75, 3.05) is 11.9 Å². The lowest BCUT2D eigenvalue weighted by molar-refractivity contribution is -0.123. The Morgan fingerprint density at radius 3 is 2.63 bits per heavy atom. The maximum atomic E-state index is 15.6. The summed E-state index contributed by atoms with van der Waals surface area (Å²) < 4.78 is 19.4. The van der Waals surface area contributed by atoms with Crippen LogP contribution in [0, 0.1) is 5.82 Å². The molecule has 0 unspecified atom stereocenters. The number of fused-ring (bicyclic) bond motifs is 3. The van der Waals surface area contributed by atoms with Crippen molar-refractivity contribution >= 4 is 17.6 Å². The first-order chi connectivity index (χ1) is 20.5. The molecule has 3 aromatic heterocycles. The number of carbonyl (C=O) groups excluding carboxylic acids is 2. The standard InChI is InChI=1S/C31H36FN9O2/c1-18(2)40-17-34-38-29(40)23-7-6-8-26(35-23)36-30(43)21-12-24-20(11-22(21)32)13-39(15-27(42)37-31(3,4)5)14-25-28(19-9-10-19)33-16-41(24)25/h6-8,11-12,16-19H,9-10,13-15H2,1-5H3,(H,37,42)(H,35,36,43). The van der Waals surface area contributed by atoms with Gasteiger partial charge < -0.3 is 19.8 Å². The molecule has 0 saturated heterocycles. The van der Waals surface area contributed by atoms with E-state index < -0.39 is 11.7 Å². The first kappa shape index (κ1) is 28.7. The lowest BCUT2D eigenvalue weighted by Crippen LogP contribution is -2.45. The highest BCUT2D eigenvalue weighted by Crippen LogP contribution is 2.42. The predicted molar refractivity (Wildman–Crippen MR) is 159 cm³/mol. The molecule has 0 radical (unpaired) electrons. The normalized spacial score (nSPS) is 15.1. The number of hydrogen-bond acceptors (Lipinski definition) is 7. The van der Waals surface area contributed by atoms with E-state index in [4.69, 9.17) is 4.98 Å². The van der Waals surface area contributed by atoms with Crippen molar-refractivity contribution < 1.29 is 14.0 Å². The number of imidazole rings is 1. The monoisotopic (exact) mass is 585 g/mol. The molecule has 0 atom stereocenters. The highest BCUT2D eigenvalue weighted by atomic mass is 19.1. The highest BCUT2D eigenvalue weighted by Gasteiger charge is 2.33. The Kier molecular flexibility index (Phi) is 7.33. The Hall–Kier alpha value is -4.45. The van der Waals surface area contributed by atoms with Crippen molar-refractivity contribution in [3.05, 3.63) is 71.3 Å². The molecular weight excluding hydrogens is 549 g/mol. The van der Waals surface area contributed by atoms with Crippen LogP contribution in [0.15, 0.2) is 43.0 Å². The van der Waals surface area contributed by atoms with Crippen LogP contribution in [0.25, 0.3) is 17.2 Å². The minimum absolute atomic E-state index is 0.104. The number of anilines is 1. The van der Waals surface area contributed by atoms with Crippen LogP contribution >= 0.6 is 0 Å². The van der Waals surface area contributed by atoms with E-state index >= 15 is 4.39 Å². The summed E-state index contributed by atoms with van der Waals surface area (Å²) in [6.07, 6.45) is 5.52. The number of halogens is 1. The van der Waals surface area contributed by atoms with Gasteiger partial charge in [0, 0.05) is 30.6 Å². The van der Waals surface area contributed by atoms with E-state index in [2.05, 4.69) is 25.8 Å². The molecule has 12 heteroatoms. The second kappa shape index (κ2) is 11.0. The molecule has 0 bridgehead atoms. The molecule has 2 N–H and O–H groups in total. The zero-order chi connectivity index (χ0) is 30.5. The Labute approximate surface area is 249 Å². The lowest BCUT2D eigenvalue weighted by Gasteiger charge is -2.25. The van der Waals surface area contributed by atoms with Crippen molar-refractivity contribution in [3.8, 4) is 17.2 Å². The minimum Gasteiger partial charge on any atom is -0.350 e. The molecule has 2 amide bonds. The van der Waals surface area contributed by atoms with E-state index in [-0.39, 0.29) is 35.4 Å². The SMILES string of the molecule is CC(C)n1cnnc1-c1cccc(NC(=O)c2cc3c(cc2F)CN(CC(=O)NC(C)(C)C)Cc2c(C4CC4)ncn2-3)n1. The van der Waals surface area contributed by atoms with Gasteiger partial charge in [0.1, 0.15) is 23.7 Å². The summed E-state index contributed by atoms with van der Waals surface area (Å²) >= 11 is 0. The molecule has 1 aliphatic carbocycles. The van der Waals surface area contributed by atoms with Crippen LogP contribution in [0.4, 0.5) is 10.2 Å². The quantitative estimate of drug-likeness (QED) is 0.325. The molecule has 224 valence electrons. The minimum atomic E-state index is -0.656. The fourth-order valence-corrected chi connectivity index (χ4v) is 5.48. The molecule has 43 heavy (non-hydrogen) atoms. The number of carbonyl (C=O) groups is 2.